The van der Waals surface area contributed by atoms with Crippen molar-refractivity contribution in [1.82, 2.24) is 10.2 Å². The highest BCUT2D eigenvalue weighted by atomic mass is 32.2. The van der Waals surface area contributed by atoms with E-state index in [1.54, 1.807) is 13.0 Å². The maximum Gasteiger partial charge on any atom is 0.416 e. The third-order valence-corrected chi connectivity index (χ3v) is 4.68. The van der Waals surface area contributed by atoms with Crippen LogP contribution < -0.4 is 5.32 Å². The molecule has 0 saturated heterocycles. The standard InChI is InChI=1S/C14H12F3N3OS/c1-7-11-12(22-6-10(21)18-13(11)20-19-7)8-3-2-4-9(5-8)14(15,16)17/h2-5,12H,6H2,1H3,(H2,18,19,20,21)/t12-/m1/s1. The second-order valence-corrected chi connectivity index (χ2v) is 6.07. The van der Waals surface area contributed by atoms with E-state index < -0.39 is 11.7 Å². The van der Waals surface area contributed by atoms with Crippen molar-refractivity contribution >= 4 is 23.5 Å². The van der Waals surface area contributed by atoms with Crippen molar-refractivity contribution in [3.63, 3.8) is 0 Å². The minimum absolute atomic E-state index is 0.163. The van der Waals surface area contributed by atoms with Gasteiger partial charge in [-0.05, 0) is 18.6 Å². The van der Waals surface area contributed by atoms with Crippen molar-refractivity contribution in [2.45, 2.75) is 18.3 Å². The van der Waals surface area contributed by atoms with Gasteiger partial charge in [0.25, 0.3) is 0 Å². The molecule has 0 saturated carbocycles. The van der Waals surface area contributed by atoms with E-state index >= 15 is 0 Å². The molecule has 1 aromatic heterocycles. The Balaban J connectivity index is 2.08. The monoisotopic (exact) mass is 327 g/mol. The molecule has 3 rings (SSSR count). The Hall–Kier alpha value is -1.96. The summed E-state index contributed by atoms with van der Waals surface area (Å²) in [7, 11) is 0. The van der Waals surface area contributed by atoms with Crippen molar-refractivity contribution in [2.75, 3.05) is 11.1 Å². The van der Waals surface area contributed by atoms with Crippen LogP contribution in [0.1, 0.15) is 27.6 Å². The van der Waals surface area contributed by atoms with E-state index in [2.05, 4.69) is 15.5 Å². The van der Waals surface area contributed by atoms with Crippen LogP contribution >= 0.6 is 11.8 Å². The molecule has 1 amide bonds. The van der Waals surface area contributed by atoms with Crippen molar-refractivity contribution in [2.24, 2.45) is 0 Å². The highest BCUT2D eigenvalue weighted by molar-refractivity contribution is 8.00. The van der Waals surface area contributed by atoms with E-state index in [1.807, 2.05) is 0 Å². The number of H-pyrrole nitrogens is 1. The molecule has 4 nitrogen and oxygen atoms in total. The summed E-state index contributed by atoms with van der Waals surface area (Å²) in [5, 5.41) is 9.08. The number of aromatic amines is 1. The van der Waals surface area contributed by atoms with E-state index in [1.165, 1.54) is 17.8 Å². The Labute approximate surface area is 128 Å². The summed E-state index contributed by atoms with van der Waals surface area (Å²) in [6.07, 6.45) is -4.40. The first-order valence-corrected chi connectivity index (χ1v) is 7.54. The number of nitrogens with one attached hydrogen (secondary N) is 2. The number of fused-ring (bicyclic) bond motifs is 1. The molecule has 0 spiro atoms. The fourth-order valence-corrected chi connectivity index (χ4v) is 3.59. The Kier molecular flexibility index (Phi) is 3.64. The molecule has 0 aliphatic carbocycles. The summed E-state index contributed by atoms with van der Waals surface area (Å²) < 4.78 is 38.7. The average molecular weight is 327 g/mol. The molecule has 0 unspecified atom stereocenters. The fourth-order valence-electron chi connectivity index (χ4n) is 2.41. The summed E-state index contributed by atoms with van der Waals surface area (Å²) in [6.45, 7) is 1.78. The molecule has 2 aromatic rings. The van der Waals surface area contributed by atoms with Crippen molar-refractivity contribution in [3.8, 4) is 0 Å². The zero-order valence-corrected chi connectivity index (χ0v) is 12.3. The number of rotatable bonds is 1. The predicted molar refractivity (Wildman–Crippen MR) is 77.7 cm³/mol. The van der Waals surface area contributed by atoms with Crippen molar-refractivity contribution in [3.05, 3.63) is 46.6 Å². The van der Waals surface area contributed by atoms with Gasteiger partial charge in [0.2, 0.25) is 5.91 Å². The lowest BCUT2D eigenvalue weighted by Gasteiger charge is -2.17. The van der Waals surface area contributed by atoms with Gasteiger partial charge in [0.1, 0.15) is 0 Å². The summed E-state index contributed by atoms with van der Waals surface area (Å²) in [6, 6.07) is 5.19. The maximum absolute atomic E-state index is 12.9. The van der Waals surface area contributed by atoms with Gasteiger partial charge in [0, 0.05) is 11.3 Å². The smallest absolute Gasteiger partial charge is 0.308 e. The number of nitrogens with zero attached hydrogens (tertiary/aromatic N) is 1. The minimum atomic E-state index is -4.40. The second-order valence-electron chi connectivity index (χ2n) is 4.97. The number of alkyl halides is 3. The molecule has 22 heavy (non-hydrogen) atoms. The molecular weight excluding hydrogens is 315 g/mol. The molecule has 8 heteroatoms. The van der Waals surface area contributed by atoms with Crippen LogP contribution in [0.15, 0.2) is 24.3 Å². The van der Waals surface area contributed by atoms with E-state index in [-0.39, 0.29) is 16.9 Å². The number of hydrogen-bond acceptors (Lipinski definition) is 3. The summed E-state index contributed by atoms with van der Waals surface area (Å²) in [5.74, 6) is 0.332. The highest BCUT2D eigenvalue weighted by Crippen LogP contribution is 2.43. The summed E-state index contributed by atoms with van der Waals surface area (Å²) in [5.41, 5.74) is 1.25. The Morgan fingerprint density at radius 3 is 2.86 bits per heavy atom. The zero-order chi connectivity index (χ0) is 15.9. The van der Waals surface area contributed by atoms with E-state index in [0.29, 0.717) is 11.4 Å². The molecular formula is C14H12F3N3OS. The second kappa shape index (κ2) is 5.35. The molecule has 0 bridgehead atoms. The van der Waals surface area contributed by atoms with Gasteiger partial charge in [-0.2, -0.15) is 18.3 Å². The minimum Gasteiger partial charge on any atom is -0.308 e. The summed E-state index contributed by atoms with van der Waals surface area (Å²) in [4.78, 5) is 11.7. The van der Waals surface area contributed by atoms with Gasteiger partial charge < -0.3 is 5.32 Å². The number of aryl methyl sites for hydroxylation is 1. The number of carbonyl (C=O) groups excluding carboxylic acids is 1. The van der Waals surface area contributed by atoms with Crippen LogP contribution in [0.2, 0.25) is 0 Å². The first-order chi connectivity index (χ1) is 10.4. The third kappa shape index (κ3) is 2.70. The van der Waals surface area contributed by atoms with Crippen LogP contribution in [-0.4, -0.2) is 21.9 Å². The first-order valence-electron chi connectivity index (χ1n) is 6.49. The van der Waals surface area contributed by atoms with Gasteiger partial charge in [0.05, 0.1) is 16.6 Å². The molecule has 0 radical (unpaired) electrons. The lowest BCUT2D eigenvalue weighted by Crippen LogP contribution is -2.12. The van der Waals surface area contributed by atoms with Gasteiger partial charge in [-0.25, -0.2) is 0 Å². The number of hydrogen-bond donors (Lipinski definition) is 2. The van der Waals surface area contributed by atoms with Gasteiger partial charge >= 0.3 is 6.18 Å². The van der Waals surface area contributed by atoms with Gasteiger partial charge in [-0.15, -0.1) is 11.8 Å². The zero-order valence-electron chi connectivity index (χ0n) is 11.5. The predicted octanol–water partition coefficient (Wildman–Crippen LogP) is 3.51. The van der Waals surface area contributed by atoms with Gasteiger partial charge in [-0.3, -0.25) is 9.89 Å². The van der Waals surface area contributed by atoms with Crippen LogP contribution in [0, 0.1) is 6.92 Å². The van der Waals surface area contributed by atoms with Crippen LogP contribution in [0.25, 0.3) is 0 Å². The molecule has 116 valence electrons. The number of anilines is 1. The quantitative estimate of drug-likeness (QED) is 0.843. The summed E-state index contributed by atoms with van der Waals surface area (Å²) >= 11 is 1.29. The van der Waals surface area contributed by atoms with Gasteiger partial charge in [0.15, 0.2) is 5.82 Å². The number of benzene rings is 1. The largest absolute Gasteiger partial charge is 0.416 e. The topological polar surface area (TPSA) is 57.8 Å². The SMILES string of the molecule is Cc1[nH]nc2c1[C@@H](c1cccc(C(F)(F)F)c1)SCC(=O)N2. The molecule has 0 fully saturated rings. The van der Waals surface area contributed by atoms with Crippen molar-refractivity contribution in [1.29, 1.82) is 0 Å². The third-order valence-electron chi connectivity index (χ3n) is 3.41. The number of amides is 1. The van der Waals surface area contributed by atoms with Gasteiger partial charge in [-0.1, -0.05) is 18.2 Å². The number of thioether (sulfide) groups is 1. The van der Waals surface area contributed by atoms with E-state index in [0.717, 1.165) is 23.4 Å². The molecule has 1 aromatic carbocycles. The number of aromatic nitrogens is 2. The van der Waals surface area contributed by atoms with E-state index in [4.69, 9.17) is 0 Å². The molecule has 1 aliphatic rings. The van der Waals surface area contributed by atoms with Crippen LogP contribution in [0.5, 0.6) is 0 Å². The van der Waals surface area contributed by atoms with Crippen molar-refractivity contribution < 1.29 is 18.0 Å². The average Bonchev–Trinajstić information content (AvgIpc) is 2.71. The van der Waals surface area contributed by atoms with Crippen LogP contribution in [0.4, 0.5) is 19.0 Å². The Morgan fingerprint density at radius 2 is 2.14 bits per heavy atom. The van der Waals surface area contributed by atoms with Crippen LogP contribution in [0.3, 0.4) is 0 Å². The fraction of sp³-hybridized carbons (Fsp3) is 0.286. The van der Waals surface area contributed by atoms with Crippen LogP contribution in [-0.2, 0) is 11.0 Å². The highest BCUT2D eigenvalue weighted by Gasteiger charge is 2.33. The maximum atomic E-state index is 12.9. The lowest BCUT2D eigenvalue weighted by molar-refractivity contribution is -0.137. The normalized spacial score (nSPS) is 18.5. The number of carbonyl (C=O) groups is 1. The lowest BCUT2D eigenvalue weighted by atomic mass is 10.0. The molecule has 1 atom stereocenters. The van der Waals surface area contributed by atoms with E-state index in [9.17, 15) is 18.0 Å². The Bertz CT molecular complexity index is 726. The molecule has 2 heterocycles. The molecule has 2 N–H and O–H groups in total. The Morgan fingerprint density at radius 1 is 1.36 bits per heavy atom. The molecule has 1 aliphatic heterocycles. The first kappa shape index (κ1) is 15.0. The number of halogens is 3.